The van der Waals surface area contributed by atoms with Crippen LogP contribution in [0.3, 0.4) is 0 Å². The molecule has 0 fully saturated rings. The molecule has 130 valence electrons. The number of benzene rings is 2. The smallest absolute Gasteiger partial charge is 0.175 e. The van der Waals surface area contributed by atoms with Crippen LogP contribution in [0.2, 0.25) is 10.0 Å². The van der Waals surface area contributed by atoms with Crippen molar-refractivity contribution >= 4 is 49.8 Å². The molecule has 0 atom stereocenters. The summed E-state index contributed by atoms with van der Waals surface area (Å²) >= 11 is 12.3. The zero-order chi connectivity index (χ0) is 18.0. The number of halogens is 2. The first-order valence-corrected chi connectivity index (χ1v) is 10.1. The number of aromatic nitrogens is 2. The second-order valence-corrected chi connectivity index (χ2v) is 8.38. The van der Waals surface area contributed by atoms with E-state index in [1.54, 1.807) is 30.3 Å². The summed E-state index contributed by atoms with van der Waals surface area (Å²) in [6, 6.07) is 10.2. The summed E-state index contributed by atoms with van der Waals surface area (Å²) in [7, 11) is -3.30. The van der Waals surface area contributed by atoms with Gasteiger partial charge in [-0.25, -0.2) is 18.4 Å². The molecule has 0 aliphatic heterocycles. The Labute approximate surface area is 155 Å². The molecule has 25 heavy (non-hydrogen) atoms. The molecule has 0 amide bonds. The first-order chi connectivity index (χ1) is 11.9. The second kappa shape index (κ2) is 7.15. The Morgan fingerprint density at radius 1 is 1.08 bits per heavy atom. The molecule has 3 rings (SSSR count). The van der Waals surface area contributed by atoms with E-state index in [0.29, 0.717) is 39.7 Å². The van der Waals surface area contributed by atoms with Crippen LogP contribution in [0.4, 0.5) is 5.82 Å². The average molecular weight is 396 g/mol. The molecule has 0 radical (unpaired) electrons. The van der Waals surface area contributed by atoms with Gasteiger partial charge in [-0.3, -0.25) is 0 Å². The van der Waals surface area contributed by atoms with E-state index in [2.05, 4.69) is 15.3 Å². The number of fused-ring (bicyclic) bond motifs is 1. The van der Waals surface area contributed by atoms with Crippen molar-refractivity contribution in [2.24, 2.45) is 0 Å². The molecule has 8 heteroatoms. The quantitative estimate of drug-likeness (QED) is 0.706. The first kappa shape index (κ1) is 17.9. The van der Waals surface area contributed by atoms with Crippen molar-refractivity contribution in [2.45, 2.75) is 11.3 Å². The zero-order valence-corrected chi connectivity index (χ0v) is 15.7. The van der Waals surface area contributed by atoms with E-state index in [4.69, 9.17) is 23.2 Å². The lowest BCUT2D eigenvalue weighted by Gasteiger charge is -2.11. The Morgan fingerprint density at radius 3 is 2.48 bits per heavy atom. The SMILES string of the molecule is CS(=O)(=O)c1ccc2ncnc(NCCc3c(Cl)cccc3Cl)c2c1. The number of anilines is 1. The molecule has 1 N–H and O–H groups in total. The van der Waals surface area contributed by atoms with Gasteiger partial charge in [0.1, 0.15) is 12.1 Å². The van der Waals surface area contributed by atoms with Crippen LogP contribution in [-0.2, 0) is 16.3 Å². The Kier molecular flexibility index (Phi) is 5.13. The predicted molar refractivity (Wildman–Crippen MR) is 101 cm³/mol. The van der Waals surface area contributed by atoms with Gasteiger partial charge in [-0.15, -0.1) is 0 Å². The Morgan fingerprint density at radius 2 is 1.80 bits per heavy atom. The molecular weight excluding hydrogens is 381 g/mol. The molecule has 5 nitrogen and oxygen atoms in total. The summed E-state index contributed by atoms with van der Waals surface area (Å²) < 4.78 is 23.5. The number of nitrogens with one attached hydrogen (secondary N) is 1. The molecule has 0 bridgehead atoms. The Bertz CT molecular complexity index is 1020. The third-order valence-electron chi connectivity index (χ3n) is 3.76. The van der Waals surface area contributed by atoms with Gasteiger partial charge in [0.15, 0.2) is 9.84 Å². The molecule has 1 heterocycles. The molecule has 0 spiro atoms. The minimum atomic E-state index is -3.30. The van der Waals surface area contributed by atoms with Crippen molar-refractivity contribution in [3.8, 4) is 0 Å². The van der Waals surface area contributed by atoms with Crippen LogP contribution in [0.1, 0.15) is 5.56 Å². The van der Waals surface area contributed by atoms with Crippen molar-refractivity contribution in [1.29, 1.82) is 0 Å². The van der Waals surface area contributed by atoms with Crippen molar-refractivity contribution in [3.05, 3.63) is 58.3 Å². The molecule has 0 saturated heterocycles. The number of hydrogen-bond donors (Lipinski definition) is 1. The van der Waals surface area contributed by atoms with E-state index in [-0.39, 0.29) is 4.90 Å². The minimum absolute atomic E-state index is 0.229. The van der Waals surface area contributed by atoms with E-state index < -0.39 is 9.84 Å². The van der Waals surface area contributed by atoms with E-state index in [9.17, 15) is 8.42 Å². The van der Waals surface area contributed by atoms with E-state index in [0.717, 1.165) is 5.56 Å². The maximum Gasteiger partial charge on any atom is 0.175 e. The van der Waals surface area contributed by atoms with Gasteiger partial charge in [-0.2, -0.15) is 0 Å². The van der Waals surface area contributed by atoms with E-state index >= 15 is 0 Å². The van der Waals surface area contributed by atoms with Gasteiger partial charge in [0, 0.05) is 28.2 Å². The highest BCUT2D eigenvalue weighted by Crippen LogP contribution is 2.26. The van der Waals surface area contributed by atoms with Crippen LogP contribution in [0.25, 0.3) is 10.9 Å². The number of hydrogen-bond acceptors (Lipinski definition) is 5. The summed E-state index contributed by atoms with van der Waals surface area (Å²) in [4.78, 5) is 8.62. The summed E-state index contributed by atoms with van der Waals surface area (Å²) in [5, 5.41) is 5.08. The highest BCUT2D eigenvalue weighted by atomic mass is 35.5. The van der Waals surface area contributed by atoms with E-state index in [1.807, 2.05) is 0 Å². The van der Waals surface area contributed by atoms with Gasteiger partial charge in [0.05, 0.1) is 10.4 Å². The third-order valence-corrected chi connectivity index (χ3v) is 5.58. The standard InChI is InChI=1S/C17H15Cl2N3O2S/c1-25(23,24)11-5-6-16-13(9-11)17(22-10-21-16)20-8-7-12-14(18)3-2-4-15(12)19/h2-6,9-10H,7-8H2,1H3,(H,20,21,22). The largest absolute Gasteiger partial charge is 0.369 e. The average Bonchev–Trinajstić information content (AvgIpc) is 2.56. The van der Waals surface area contributed by atoms with Crippen LogP contribution in [0.15, 0.2) is 47.6 Å². The molecule has 0 aliphatic carbocycles. The predicted octanol–water partition coefficient (Wildman–Crippen LogP) is 3.99. The fourth-order valence-corrected chi connectivity index (χ4v) is 3.72. The molecular formula is C17H15Cl2N3O2S. The molecule has 3 aromatic rings. The summed E-state index contributed by atoms with van der Waals surface area (Å²) in [6.07, 6.45) is 3.22. The zero-order valence-electron chi connectivity index (χ0n) is 13.3. The maximum atomic E-state index is 11.8. The van der Waals surface area contributed by atoms with Gasteiger partial charge in [0.25, 0.3) is 0 Å². The van der Waals surface area contributed by atoms with Crippen LogP contribution < -0.4 is 5.32 Å². The lowest BCUT2D eigenvalue weighted by atomic mass is 10.1. The molecule has 0 unspecified atom stereocenters. The molecule has 2 aromatic carbocycles. The topological polar surface area (TPSA) is 72.0 Å². The van der Waals surface area contributed by atoms with Crippen molar-refractivity contribution in [2.75, 3.05) is 18.1 Å². The minimum Gasteiger partial charge on any atom is -0.369 e. The number of sulfone groups is 1. The van der Waals surface area contributed by atoms with Gasteiger partial charge in [-0.05, 0) is 42.3 Å². The van der Waals surface area contributed by atoms with Gasteiger partial charge in [0.2, 0.25) is 0 Å². The van der Waals surface area contributed by atoms with Crippen molar-refractivity contribution in [3.63, 3.8) is 0 Å². The highest BCUT2D eigenvalue weighted by molar-refractivity contribution is 7.90. The van der Waals surface area contributed by atoms with Crippen LogP contribution in [-0.4, -0.2) is 31.2 Å². The highest BCUT2D eigenvalue weighted by Gasteiger charge is 2.11. The molecule has 0 aliphatic rings. The second-order valence-electron chi connectivity index (χ2n) is 5.55. The fraction of sp³-hybridized carbons (Fsp3) is 0.176. The van der Waals surface area contributed by atoms with Crippen LogP contribution in [0.5, 0.6) is 0 Å². The lowest BCUT2D eigenvalue weighted by Crippen LogP contribution is -2.08. The van der Waals surface area contributed by atoms with Gasteiger partial charge >= 0.3 is 0 Å². The molecule has 1 aromatic heterocycles. The Hall–Kier alpha value is -1.89. The van der Waals surface area contributed by atoms with Crippen molar-refractivity contribution < 1.29 is 8.42 Å². The lowest BCUT2D eigenvalue weighted by molar-refractivity contribution is 0.602. The summed E-state index contributed by atoms with van der Waals surface area (Å²) in [6.45, 7) is 0.540. The molecule has 0 saturated carbocycles. The summed E-state index contributed by atoms with van der Waals surface area (Å²) in [5.41, 5.74) is 1.52. The fourth-order valence-electron chi connectivity index (χ4n) is 2.48. The maximum absolute atomic E-state index is 11.8. The van der Waals surface area contributed by atoms with Gasteiger partial charge in [-0.1, -0.05) is 29.3 Å². The third kappa shape index (κ3) is 4.03. The number of rotatable bonds is 5. The van der Waals surface area contributed by atoms with Crippen molar-refractivity contribution in [1.82, 2.24) is 9.97 Å². The first-order valence-electron chi connectivity index (χ1n) is 7.48. The van der Waals surface area contributed by atoms with E-state index in [1.165, 1.54) is 18.6 Å². The Balaban J connectivity index is 1.86. The monoisotopic (exact) mass is 395 g/mol. The van der Waals surface area contributed by atoms with Crippen LogP contribution >= 0.6 is 23.2 Å². The normalized spacial score (nSPS) is 11.6. The van der Waals surface area contributed by atoms with Crippen LogP contribution in [0, 0.1) is 0 Å². The number of nitrogens with zero attached hydrogens (tertiary/aromatic N) is 2. The van der Waals surface area contributed by atoms with Gasteiger partial charge < -0.3 is 5.32 Å². The summed E-state index contributed by atoms with van der Waals surface area (Å²) in [5.74, 6) is 0.568.